The minimum Gasteiger partial charge on any atom is -0.387 e. The number of fused-ring (bicyclic) bond motifs is 1. The topological polar surface area (TPSA) is 53.4 Å². The molecule has 3 heteroatoms. The Morgan fingerprint density at radius 1 is 1.35 bits per heavy atom. The molecule has 0 fully saturated rings. The summed E-state index contributed by atoms with van der Waals surface area (Å²) in [5.41, 5.74) is -0.396. The number of nitrogens with zero attached hydrogens (tertiary/aromatic N) is 1. The van der Waals surface area contributed by atoms with E-state index in [0.717, 1.165) is 16.3 Å². The van der Waals surface area contributed by atoms with Crippen molar-refractivity contribution in [2.24, 2.45) is 0 Å². The van der Waals surface area contributed by atoms with Gasteiger partial charge in [0.25, 0.3) is 0 Å². The highest BCUT2D eigenvalue weighted by molar-refractivity contribution is 5.85. The maximum absolute atomic E-state index is 10.3. The molecule has 0 saturated heterocycles. The van der Waals surface area contributed by atoms with E-state index in [0.29, 0.717) is 6.42 Å². The highest BCUT2D eigenvalue weighted by Crippen LogP contribution is 2.32. The molecule has 3 nitrogen and oxygen atoms in total. The quantitative estimate of drug-likeness (QED) is 0.853. The van der Waals surface area contributed by atoms with Gasteiger partial charge in [-0.3, -0.25) is 4.98 Å². The summed E-state index contributed by atoms with van der Waals surface area (Å²) in [4.78, 5) is 4.07. The Hall–Kier alpha value is -1.45. The molecule has 0 amide bonds. The molecule has 0 spiro atoms. The van der Waals surface area contributed by atoms with Crippen molar-refractivity contribution < 1.29 is 10.2 Å². The van der Waals surface area contributed by atoms with Gasteiger partial charge in [0, 0.05) is 17.8 Å². The Morgan fingerprint density at radius 3 is 2.82 bits per heavy atom. The summed E-state index contributed by atoms with van der Waals surface area (Å²) >= 11 is 0. The van der Waals surface area contributed by atoms with E-state index in [4.69, 9.17) is 0 Å². The number of benzene rings is 1. The summed E-state index contributed by atoms with van der Waals surface area (Å²) in [6, 6.07) is 7.57. The molecule has 90 valence electrons. The summed E-state index contributed by atoms with van der Waals surface area (Å²) in [6.45, 7) is 3.50. The van der Waals surface area contributed by atoms with Gasteiger partial charge >= 0.3 is 0 Å². The van der Waals surface area contributed by atoms with Crippen molar-refractivity contribution in [3.63, 3.8) is 0 Å². The van der Waals surface area contributed by atoms with Crippen LogP contribution in [0.3, 0.4) is 0 Å². The maximum Gasteiger partial charge on any atom is 0.108 e. The third-order valence-electron chi connectivity index (χ3n) is 3.32. The van der Waals surface area contributed by atoms with Gasteiger partial charge < -0.3 is 10.2 Å². The molecule has 0 radical (unpaired) electrons. The van der Waals surface area contributed by atoms with Crippen molar-refractivity contribution in [2.45, 2.75) is 32.0 Å². The SMILES string of the molecule is CCC(C)(O)C(O)c1cccc2ccncc12. The predicted molar refractivity (Wildman–Crippen MR) is 67.6 cm³/mol. The van der Waals surface area contributed by atoms with Crippen molar-refractivity contribution in [1.29, 1.82) is 0 Å². The van der Waals surface area contributed by atoms with Crippen LogP contribution in [0.2, 0.25) is 0 Å². The highest BCUT2D eigenvalue weighted by atomic mass is 16.3. The number of pyridine rings is 1. The molecule has 0 aliphatic heterocycles. The zero-order chi connectivity index (χ0) is 12.5. The van der Waals surface area contributed by atoms with Gasteiger partial charge in [-0.15, -0.1) is 0 Å². The predicted octanol–water partition coefficient (Wildman–Crippen LogP) is 2.43. The Kier molecular flexibility index (Phi) is 3.13. The van der Waals surface area contributed by atoms with Crippen molar-refractivity contribution >= 4 is 10.8 Å². The third-order valence-corrected chi connectivity index (χ3v) is 3.32. The van der Waals surface area contributed by atoms with E-state index in [1.165, 1.54) is 0 Å². The fourth-order valence-corrected chi connectivity index (χ4v) is 1.90. The summed E-state index contributed by atoms with van der Waals surface area (Å²) < 4.78 is 0. The average Bonchev–Trinajstić information content (AvgIpc) is 2.37. The first-order valence-electron chi connectivity index (χ1n) is 5.79. The molecule has 2 N–H and O–H groups in total. The van der Waals surface area contributed by atoms with Crippen LogP contribution in [0.15, 0.2) is 36.7 Å². The first kappa shape index (κ1) is 12.0. The summed E-state index contributed by atoms with van der Waals surface area (Å²) in [7, 11) is 0. The number of aliphatic hydroxyl groups is 2. The number of aliphatic hydroxyl groups excluding tert-OH is 1. The Balaban J connectivity index is 2.56. The van der Waals surface area contributed by atoms with Gasteiger partial charge in [0.05, 0.1) is 5.60 Å². The van der Waals surface area contributed by atoms with E-state index in [1.807, 2.05) is 31.2 Å². The highest BCUT2D eigenvalue weighted by Gasteiger charge is 2.30. The van der Waals surface area contributed by atoms with E-state index in [9.17, 15) is 10.2 Å². The summed E-state index contributed by atoms with van der Waals surface area (Å²) in [6.07, 6.45) is 3.03. The number of rotatable bonds is 3. The largest absolute Gasteiger partial charge is 0.387 e. The van der Waals surface area contributed by atoms with Crippen molar-refractivity contribution in [3.8, 4) is 0 Å². The van der Waals surface area contributed by atoms with Gasteiger partial charge in [0.1, 0.15) is 6.10 Å². The van der Waals surface area contributed by atoms with Crippen molar-refractivity contribution in [1.82, 2.24) is 4.98 Å². The van der Waals surface area contributed by atoms with E-state index < -0.39 is 11.7 Å². The minimum absolute atomic E-state index is 0.491. The molecule has 0 aliphatic rings. The number of hydrogen-bond donors (Lipinski definition) is 2. The van der Waals surface area contributed by atoms with Gasteiger partial charge in [-0.05, 0) is 30.4 Å². The molecule has 2 atom stereocenters. The molecule has 1 aromatic carbocycles. The van der Waals surface area contributed by atoms with E-state index in [1.54, 1.807) is 19.3 Å². The number of hydrogen-bond acceptors (Lipinski definition) is 3. The van der Waals surface area contributed by atoms with Gasteiger partial charge in [-0.1, -0.05) is 25.1 Å². The Labute approximate surface area is 101 Å². The lowest BCUT2D eigenvalue weighted by molar-refractivity contribution is -0.0652. The van der Waals surface area contributed by atoms with Crippen LogP contribution in [0.1, 0.15) is 31.9 Å². The Bertz CT molecular complexity index is 517. The lowest BCUT2D eigenvalue weighted by Crippen LogP contribution is -2.31. The minimum atomic E-state index is -1.12. The van der Waals surface area contributed by atoms with Crippen LogP contribution in [-0.4, -0.2) is 20.8 Å². The zero-order valence-corrected chi connectivity index (χ0v) is 10.1. The fraction of sp³-hybridized carbons (Fsp3) is 0.357. The molecule has 2 aromatic rings. The van der Waals surface area contributed by atoms with E-state index in [-0.39, 0.29) is 0 Å². The lowest BCUT2D eigenvalue weighted by Gasteiger charge is -2.28. The third kappa shape index (κ3) is 2.16. The Morgan fingerprint density at radius 2 is 2.12 bits per heavy atom. The first-order valence-corrected chi connectivity index (χ1v) is 5.79. The molecule has 2 rings (SSSR count). The molecular weight excluding hydrogens is 214 g/mol. The van der Waals surface area contributed by atoms with Crippen LogP contribution in [0.5, 0.6) is 0 Å². The van der Waals surface area contributed by atoms with Gasteiger partial charge in [0.15, 0.2) is 0 Å². The normalized spacial score (nSPS) is 16.7. The molecule has 0 saturated carbocycles. The van der Waals surface area contributed by atoms with Crippen LogP contribution >= 0.6 is 0 Å². The monoisotopic (exact) mass is 231 g/mol. The molecule has 1 heterocycles. The molecular formula is C14H17NO2. The van der Waals surface area contributed by atoms with Gasteiger partial charge in [0.2, 0.25) is 0 Å². The first-order chi connectivity index (χ1) is 8.06. The molecule has 0 bridgehead atoms. The summed E-state index contributed by atoms with van der Waals surface area (Å²) in [5, 5.41) is 22.3. The van der Waals surface area contributed by atoms with Crippen molar-refractivity contribution in [2.75, 3.05) is 0 Å². The van der Waals surface area contributed by atoms with Crippen LogP contribution in [-0.2, 0) is 0 Å². The molecule has 0 aliphatic carbocycles. The maximum atomic E-state index is 10.3. The van der Waals surface area contributed by atoms with Crippen LogP contribution in [0, 0.1) is 0 Å². The smallest absolute Gasteiger partial charge is 0.108 e. The second-order valence-electron chi connectivity index (χ2n) is 4.56. The standard InChI is InChI=1S/C14H17NO2/c1-3-14(2,17)13(16)11-6-4-5-10-7-8-15-9-12(10)11/h4-9,13,16-17H,3H2,1-2H3. The van der Waals surface area contributed by atoms with Gasteiger partial charge in [-0.25, -0.2) is 0 Å². The van der Waals surface area contributed by atoms with Crippen LogP contribution in [0.25, 0.3) is 10.8 Å². The average molecular weight is 231 g/mol. The van der Waals surface area contributed by atoms with E-state index in [2.05, 4.69) is 4.98 Å². The second kappa shape index (κ2) is 4.43. The van der Waals surface area contributed by atoms with Gasteiger partial charge in [-0.2, -0.15) is 0 Å². The lowest BCUT2D eigenvalue weighted by atomic mass is 9.88. The molecule has 1 aromatic heterocycles. The zero-order valence-electron chi connectivity index (χ0n) is 10.1. The molecule has 17 heavy (non-hydrogen) atoms. The second-order valence-corrected chi connectivity index (χ2v) is 4.56. The fourth-order valence-electron chi connectivity index (χ4n) is 1.90. The van der Waals surface area contributed by atoms with Crippen LogP contribution < -0.4 is 0 Å². The summed E-state index contributed by atoms with van der Waals surface area (Å²) in [5.74, 6) is 0. The van der Waals surface area contributed by atoms with E-state index >= 15 is 0 Å². The van der Waals surface area contributed by atoms with Crippen molar-refractivity contribution in [3.05, 3.63) is 42.2 Å². The van der Waals surface area contributed by atoms with Crippen LogP contribution in [0.4, 0.5) is 0 Å². The molecule has 2 unspecified atom stereocenters. The number of aromatic nitrogens is 1.